The molecule has 0 aliphatic heterocycles. The summed E-state index contributed by atoms with van der Waals surface area (Å²) in [6.45, 7) is 3.26. The van der Waals surface area contributed by atoms with Crippen molar-refractivity contribution in [2.24, 2.45) is 0 Å². The molecule has 1 N–H and O–H groups in total. The highest BCUT2D eigenvalue weighted by molar-refractivity contribution is 6.18. The first-order valence-electron chi connectivity index (χ1n) is 3.20. The monoisotopic (exact) mass is 192 g/mol. The zero-order valence-electron chi connectivity index (χ0n) is 6.38. The fraction of sp³-hybridized carbons (Fsp3) is 0.429. The number of halogens is 1. The highest BCUT2D eigenvalue weighted by atomic mass is 35.5. The molecule has 0 aromatic carbocycles. The molecule has 0 saturated carbocycles. The smallest absolute Gasteiger partial charge is 0.331 e. The van der Waals surface area contributed by atoms with Gasteiger partial charge in [0, 0.05) is 5.57 Å². The van der Waals surface area contributed by atoms with E-state index in [4.69, 9.17) is 16.7 Å². The van der Waals surface area contributed by atoms with Crippen molar-refractivity contribution in [1.29, 1.82) is 0 Å². The second-order valence-corrected chi connectivity index (χ2v) is 2.37. The molecule has 4 nitrogen and oxygen atoms in total. The molecule has 0 atom stereocenters. The number of ether oxygens (including phenoxy) is 1. The number of carboxylic acid groups (broad SMARTS) is 1. The molecule has 68 valence electrons. The van der Waals surface area contributed by atoms with Crippen LogP contribution in [0.3, 0.4) is 0 Å². The lowest BCUT2D eigenvalue weighted by Gasteiger charge is -2.01. The Morgan fingerprint density at radius 3 is 2.50 bits per heavy atom. The number of esters is 1. The van der Waals surface area contributed by atoms with Crippen molar-refractivity contribution < 1.29 is 19.4 Å². The van der Waals surface area contributed by atoms with Crippen molar-refractivity contribution in [3.05, 3.63) is 12.2 Å². The van der Waals surface area contributed by atoms with Gasteiger partial charge in [-0.3, -0.25) is 4.79 Å². The van der Waals surface area contributed by atoms with E-state index in [-0.39, 0.29) is 24.5 Å². The average molecular weight is 193 g/mol. The minimum Gasteiger partial charge on any atom is -0.478 e. The highest BCUT2D eigenvalue weighted by Crippen LogP contribution is 1.99. The first-order chi connectivity index (χ1) is 5.57. The topological polar surface area (TPSA) is 63.6 Å². The molecule has 5 heteroatoms. The SMILES string of the molecule is C=C(CC(=O)OCCCl)C(=O)O. The number of rotatable bonds is 5. The van der Waals surface area contributed by atoms with Crippen LogP contribution in [0.2, 0.25) is 0 Å². The van der Waals surface area contributed by atoms with Crippen molar-refractivity contribution in [2.75, 3.05) is 12.5 Å². The molecule has 0 rings (SSSR count). The van der Waals surface area contributed by atoms with Crippen LogP contribution < -0.4 is 0 Å². The van der Waals surface area contributed by atoms with E-state index in [0.29, 0.717) is 0 Å². The quantitative estimate of drug-likeness (QED) is 0.398. The molecule has 0 saturated heterocycles. The lowest BCUT2D eigenvalue weighted by Crippen LogP contribution is -2.10. The van der Waals surface area contributed by atoms with Gasteiger partial charge in [-0.05, 0) is 0 Å². The molecule has 0 aliphatic carbocycles. The molecule has 0 fully saturated rings. The number of carboxylic acids is 1. The minimum absolute atomic E-state index is 0.0906. The lowest BCUT2D eigenvalue weighted by atomic mass is 10.2. The third-order valence-corrected chi connectivity index (χ3v) is 1.15. The van der Waals surface area contributed by atoms with Crippen LogP contribution in [0.4, 0.5) is 0 Å². The molecule has 0 spiro atoms. The van der Waals surface area contributed by atoms with Crippen LogP contribution in [-0.2, 0) is 14.3 Å². The second-order valence-electron chi connectivity index (χ2n) is 1.99. The molecular formula is C7H9ClO4. The van der Waals surface area contributed by atoms with E-state index in [2.05, 4.69) is 11.3 Å². The average Bonchev–Trinajstić information content (AvgIpc) is 2.00. The van der Waals surface area contributed by atoms with Gasteiger partial charge in [-0.15, -0.1) is 11.6 Å². The van der Waals surface area contributed by atoms with E-state index in [1.54, 1.807) is 0 Å². The van der Waals surface area contributed by atoms with Gasteiger partial charge in [-0.1, -0.05) is 6.58 Å². The standard InChI is InChI=1S/C7H9ClO4/c1-5(7(10)11)4-6(9)12-3-2-8/h1-4H2,(H,10,11). The molecule has 0 bridgehead atoms. The van der Waals surface area contributed by atoms with Crippen molar-refractivity contribution in [2.45, 2.75) is 6.42 Å². The van der Waals surface area contributed by atoms with E-state index >= 15 is 0 Å². The molecule has 12 heavy (non-hydrogen) atoms. The van der Waals surface area contributed by atoms with Crippen LogP contribution in [0.25, 0.3) is 0 Å². The van der Waals surface area contributed by atoms with E-state index in [0.717, 1.165) is 0 Å². The number of aliphatic carboxylic acids is 1. The maximum Gasteiger partial charge on any atom is 0.331 e. The van der Waals surface area contributed by atoms with Gasteiger partial charge in [0.15, 0.2) is 0 Å². The highest BCUT2D eigenvalue weighted by Gasteiger charge is 2.10. The molecule has 0 aromatic heterocycles. The summed E-state index contributed by atoms with van der Waals surface area (Å²) >= 11 is 5.23. The first-order valence-corrected chi connectivity index (χ1v) is 3.74. The Bertz CT molecular complexity index is 200. The van der Waals surface area contributed by atoms with E-state index in [9.17, 15) is 9.59 Å². The molecule has 0 radical (unpaired) electrons. The van der Waals surface area contributed by atoms with Crippen molar-refractivity contribution >= 4 is 23.5 Å². The van der Waals surface area contributed by atoms with E-state index in [1.807, 2.05) is 0 Å². The Balaban J connectivity index is 3.69. The second kappa shape index (κ2) is 5.60. The summed E-state index contributed by atoms with van der Waals surface area (Å²) in [6.07, 6.45) is -0.299. The first kappa shape index (κ1) is 11.0. The maximum absolute atomic E-state index is 10.7. The number of carbonyl (C=O) groups excluding carboxylic acids is 1. The van der Waals surface area contributed by atoms with Crippen LogP contribution in [0.5, 0.6) is 0 Å². The van der Waals surface area contributed by atoms with Crippen molar-refractivity contribution in [3.8, 4) is 0 Å². The molecule has 0 aromatic rings. The largest absolute Gasteiger partial charge is 0.478 e. The van der Waals surface area contributed by atoms with Gasteiger partial charge in [-0.25, -0.2) is 4.79 Å². The summed E-state index contributed by atoms with van der Waals surface area (Å²) in [5, 5.41) is 8.32. The van der Waals surface area contributed by atoms with Gasteiger partial charge in [0.05, 0.1) is 12.3 Å². The molecule has 0 amide bonds. The van der Waals surface area contributed by atoms with Crippen LogP contribution >= 0.6 is 11.6 Å². The van der Waals surface area contributed by atoms with Gasteiger partial charge in [0.2, 0.25) is 0 Å². The van der Waals surface area contributed by atoms with Crippen LogP contribution in [-0.4, -0.2) is 29.5 Å². The van der Waals surface area contributed by atoms with Crippen LogP contribution in [0.1, 0.15) is 6.42 Å². The van der Waals surface area contributed by atoms with Crippen molar-refractivity contribution in [1.82, 2.24) is 0 Å². The molecule has 0 unspecified atom stereocenters. The van der Waals surface area contributed by atoms with Gasteiger partial charge in [-0.2, -0.15) is 0 Å². The predicted molar refractivity (Wildman–Crippen MR) is 43.1 cm³/mol. The third kappa shape index (κ3) is 4.73. The summed E-state index contributed by atoms with van der Waals surface area (Å²) in [4.78, 5) is 20.9. The lowest BCUT2D eigenvalue weighted by molar-refractivity contribution is -0.144. The number of carbonyl (C=O) groups is 2. The Kier molecular flexibility index (Phi) is 5.12. The summed E-state index contributed by atoms with van der Waals surface area (Å²) in [5.74, 6) is -1.62. The van der Waals surface area contributed by atoms with Crippen LogP contribution in [0.15, 0.2) is 12.2 Å². The fourth-order valence-electron chi connectivity index (χ4n) is 0.453. The van der Waals surface area contributed by atoms with Crippen molar-refractivity contribution in [3.63, 3.8) is 0 Å². The molecule has 0 heterocycles. The van der Waals surface area contributed by atoms with Gasteiger partial charge >= 0.3 is 11.9 Å². The zero-order valence-corrected chi connectivity index (χ0v) is 7.13. The number of hydrogen-bond acceptors (Lipinski definition) is 3. The van der Waals surface area contributed by atoms with E-state index < -0.39 is 11.9 Å². The normalized spacial score (nSPS) is 9.08. The Labute approximate surface area is 74.8 Å². The van der Waals surface area contributed by atoms with Crippen LogP contribution in [0, 0.1) is 0 Å². The Morgan fingerprint density at radius 1 is 1.50 bits per heavy atom. The Morgan fingerprint density at radius 2 is 2.08 bits per heavy atom. The number of hydrogen-bond donors (Lipinski definition) is 1. The van der Waals surface area contributed by atoms with Gasteiger partial charge < -0.3 is 9.84 Å². The Hall–Kier alpha value is -1.03. The van der Waals surface area contributed by atoms with E-state index in [1.165, 1.54) is 0 Å². The predicted octanol–water partition coefficient (Wildman–Crippen LogP) is 0.799. The third-order valence-electron chi connectivity index (χ3n) is 1.00. The maximum atomic E-state index is 10.7. The molecular weight excluding hydrogens is 184 g/mol. The summed E-state index contributed by atoms with van der Waals surface area (Å²) in [6, 6.07) is 0. The zero-order chi connectivity index (χ0) is 9.56. The number of alkyl halides is 1. The summed E-state index contributed by atoms with van der Waals surface area (Å²) in [7, 11) is 0. The molecule has 0 aliphatic rings. The fourth-order valence-corrected chi connectivity index (χ4v) is 0.530. The minimum atomic E-state index is -1.20. The summed E-state index contributed by atoms with van der Waals surface area (Å²) < 4.78 is 4.52. The summed E-state index contributed by atoms with van der Waals surface area (Å²) in [5.41, 5.74) is -0.186. The van der Waals surface area contributed by atoms with Gasteiger partial charge in [0.1, 0.15) is 6.61 Å². The van der Waals surface area contributed by atoms with Gasteiger partial charge in [0.25, 0.3) is 0 Å².